The quantitative estimate of drug-likeness (QED) is 0.660. The van der Waals surface area contributed by atoms with Crippen LogP contribution in [0.2, 0.25) is 0 Å². The molecule has 1 rings (SSSR count). The molecule has 0 aliphatic rings. The molecule has 0 aliphatic heterocycles. The van der Waals surface area contributed by atoms with Gasteiger partial charge in [-0.05, 0) is 27.9 Å². The van der Waals surface area contributed by atoms with Crippen LogP contribution < -0.4 is 0 Å². The van der Waals surface area contributed by atoms with Gasteiger partial charge in [-0.2, -0.15) is 4.39 Å². The third kappa shape index (κ3) is 1.99. The second-order valence-electron chi connectivity index (χ2n) is 2.69. The standard InChI is InChI=1S/C8H9BrFN/c1-5(2)7-3-6(9)4-11-8(7)10/h3-5H,1-2H3. The van der Waals surface area contributed by atoms with E-state index >= 15 is 0 Å². The summed E-state index contributed by atoms with van der Waals surface area (Å²) in [6, 6.07) is 1.76. The lowest BCUT2D eigenvalue weighted by atomic mass is 10.1. The molecule has 3 heteroatoms. The highest BCUT2D eigenvalue weighted by Crippen LogP contribution is 2.20. The lowest BCUT2D eigenvalue weighted by molar-refractivity contribution is 0.556. The Balaban J connectivity index is 3.13. The summed E-state index contributed by atoms with van der Waals surface area (Å²) in [5.74, 6) is -0.191. The van der Waals surface area contributed by atoms with Gasteiger partial charge in [-0.15, -0.1) is 0 Å². The normalized spacial score (nSPS) is 10.6. The fourth-order valence-corrected chi connectivity index (χ4v) is 1.19. The summed E-state index contributed by atoms with van der Waals surface area (Å²) < 4.78 is 13.7. The molecular formula is C8H9BrFN. The number of pyridine rings is 1. The van der Waals surface area contributed by atoms with E-state index in [4.69, 9.17) is 0 Å². The van der Waals surface area contributed by atoms with Crippen LogP contribution >= 0.6 is 15.9 Å². The topological polar surface area (TPSA) is 12.9 Å². The Kier molecular flexibility index (Phi) is 2.60. The molecule has 0 saturated carbocycles. The molecule has 0 unspecified atom stereocenters. The number of hydrogen-bond acceptors (Lipinski definition) is 1. The maximum Gasteiger partial charge on any atom is 0.216 e. The smallest absolute Gasteiger partial charge is 0.216 e. The van der Waals surface area contributed by atoms with E-state index in [1.165, 1.54) is 6.20 Å². The Hall–Kier alpha value is -0.440. The van der Waals surface area contributed by atoms with Gasteiger partial charge >= 0.3 is 0 Å². The van der Waals surface area contributed by atoms with Crippen molar-refractivity contribution in [3.63, 3.8) is 0 Å². The Morgan fingerprint density at radius 3 is 2.64 bits per heavy atom. The van der Waals surface area contributed by atoms with E-state index in [-0.39, 0.29) is 11.9 Å². The Labute approximate surface area is 73.8 Å². The predicted octanol–water partition coefficient (Wildman–Crippen LogP) is 3.11. The molecule has 0 bridgehead atoms. The summed E-state index contributed by atoms with van der Waals surface area (Å²) in [7, 11) is 0. The van der Waals surface area contributed by atoms with Gasteiger partial charge in [0.2, 0.25) is 5.95 Å². The van der Waals surface area contributed by atoms with Crippen LogP contribution in [-0.2, 0) is 0 Å². The number of aromatic nitrogens is 1. The van der Waals surface area contributed by atoms with E-state index < -0.39 is 0 Å². The average Bonchev–Trinajstić information content (AvgIpc) is 1.94. The Morgan fingerprint density at radius 2 is 2.18 bits per heavy atom. The van der Waals surface area contributed by atoms with Crippen molar-refractivity contribution in [2.75, 3.05) is 0 Å². The Bertz CT molecular complexity index is 260. The van der Waals surface area contributed by atoms with Gasteiger partial charge in [0.05, 0.1) is 0 Å². The van der Waals surface area contributed by atoms with Gasteiger partial charge in [-0.3, -0.25) is 0 Å². The minimum Gasteiger partial charge on any atom is -0.227 e. The number of nitrogens with zero attached hydrogens (tertiary/aromatic N) is 1. The summed E-state index contributed by atoms with van der Waals surface area (Å²) >= 11 is 3.24. The molecule has 1 aromatic heterocycles. The first-order valence-electron chi connectivity index (χ1n) is 3.42. The van der Waals surface area contributed by atoms with Crippen LogP contribution in [0.3, 0.4) is 0 Å². The van der Waals surface area contributed by atoms with Crippen molar-refractivity contribution in [3.8, 4) is 0 Å². The third-order valence-corrected chi connectivity index (χ3v) is 1.89. The zero-order valence-electron chi connectivity index (χ0n) is 6.44. The van der Waals surface area contributed by atoms with Gasteiger partial charge in [0.1, 0.15) is 0 Å². The summed E-state index contributed by atoms with van der Waals surface area (Å²) in [5, 5.41) is 0. The van der Waals surface area contributed by atoms with Gasteiger partial charge in [-0.1, -0.05) is 13.8 Å². The zero-order valence-corrected chi connectivity index (χ0v) is 8.02. The van der Waals surface area contributed by atoms with Crippen molar-refractivity contribution in [2.24, 2.45) is 0 Å². The largest absolute Gasteiger partial charge is 0.227 e. The summed E-state index contributed by atoms with van der Waals surface area (Å²) in [6.45, 7) is 3.87. The van der Waals surface area contributed by atoms with E-state index in [0.717, 1.165) is 4.47 Å². The van der Waals surface area contributed by atoms with Crippen LogP contribution in [0.25, 0.3) is 0 Å². The van der Waals surface area contributed by atoms with Gasteiger partial charge in [0.25, 0.3) is 0 Å². The minimum atomic E-state index is -0.372. The van der Waals surface area contributed by atoms with Gasteiger partial charge < -0.3 is 0 Å². The minimum absolute atomic E-state index is 0.181. The molecule has 1 nitrogen and oxygen atoms in total. The van der Waals surface area contributed by atoms with Crippen LogP contribution in [0.15, 0.2) is 16.7 Å². The molecule has 11 heavy (non-hydrogen) atoms. The van der Waals surface area contributed by atoms with E-state index in [1.807, 2.05) is 13.8 Å². The first-order valence-corrected chi connectivity index (χ1v) is 4.21. The lowest BCUT2D eigenvalue weighted by Gasteiger charge is -2.05. The van der Waals surface area contributed by atoms with Crippen LogP contribution in [0, 0.1) is 5.95 Å². The molecule has 0 fully saturated rings. The van der Waals surface area contributed by atoms with Crippen LogP contribution in [0.1, 0.15) is 25.3 Å². The summed E-state index contributed by atoms with van der Waals surface area (Å²) in [4.78, 5) is 3.59. The first-order chi connectivity index (χ1) is 5.11. The number of hydrogen-bond donors (Lipinski definition) is 0. The molecular weight excluding hydrogens is 209 g/mol. The Morgan fingerprint density at radius 1 is 1.55 bits per heavy atom. The summed E-state index contributed by atoms with van der Waals surface area (Å²) in [6.07, 6.45) is 1.46. The SMILES string of the molecule is CC(C)c1cc(Br)cnc1F. The average molecular weight is 218 g/mol. The van der Waals surface area contributed by atoms with Crippen molar-refractivity contribution in [2.45, 2.75) is 19.8 Å². The van der Waals surface area contributed by atoms with Crippen molar-refractivity contribution in [1.82, 2.24) is 4.98 Å². The third-order valence-electron chi connectivity index (χ3n) is 1.45. The second kappa shape index (κ2) is 3.30. The monoisotopic (exact) mass is 217 g/mol. The molecule has 1 aromatic rings. The lowest BCUT2D eigenvalue weighted by Crippen LogP contribution is -1.95. The predicted molar refractivity (Wildman–Crippen MR) is 46.0 cm³/mol. The highest BCUT2D eigenvalue weighted by Gasteiger charge is 2.07. The first kappa shape index (κ1) is 8.65. The van der Waals surface area contributed by atoms with E-state index in [2.05, 4.69) is 20.9 Å². The number of halogens is 2. The van der Waals surface area contributed by atoms with Gasteiger partial charge in [0, 0.05) is 16.2 Å². The van der Waals surface area contributed by atoms with E-state index in [9.17, 15) is 4.39 Å². The zero-order chi connectivity index (χ0) is 8.43. The molecule has 1 heterocycles. The van der Waals surface area contributed by atoms with E-state index in [0.29, 0.717) is 5.56 Å². The fourth-order valence-electron chi connectivity index (χ4n) is 0.843. The van der Waals surface area contributed by atoms with E-state index in [1.54, 1.807) is 6.07 Å². The van der Waals surface area contributed by atoms with Crippen molar-refractivity contribution >= 4 is 15.9 Å². The molecule has 0 aliphatic carbocycles. The van der Waals surface area contributed by atoms with Crippen molar-refractivity contribution < 1.29 is 4.39 Å². The maximum absolute atomic E-state index is 12.9. The second-order valence-corrected chi connectivity index (χ2v) is 3.60. The van der Waals surface area contributed by atoms with Crippen LogP contribution in [0.4, 0.5) is 4.39 Å². The fraction of sp³-hybridized carbons (Fsp3) is 0.375. The molecule has 0 radical (unpaired) electrons. The van der Waals surface area contributed by atoms with Gasteiger partial charge in [0.15, 0.2) is 0 Å². The highest BCUT2D eigenvalue weighted by molar-refractivity contribution is 9.10. The van der Waals surface area contributed by atoms with Crippen LogP contribution in [0.5, 0.6) is 0 Å². The van der Waals surface area contributed by atoms with Crippen LogP contribution in [-0.4, -0.2) is 4.98 Å². The number of rotatable bonds is 1. The molecule has 0 atom stereocenters. The van der Waals surface area contributed by atoms with Crippen molar-refractivity contribution in [3.05, 3.63) is 28.2 Å². The molecule has 0 spiro atoms. The molecule has 60 valence electrons. The molecule has 0 N–H and O–H groups in total. The summed E-state index contributed by atoms with van der Waals surface area (Å²) in [5.41, 5.74) is 0.652. The van der Waals surface area contributed by atoms with Gasteiger partial charge in [-0.25, -0.2) is 4.98 Å². The molecule has 0 aromatic carbocycles. The molecule has 0 saturated heterocycles. The molecule has 0 amide bonds. The van der Waals surface area contributed by atoms with Crippen molar-refractivity contribution in [1.29, 1.82) is 0 Å². The maximum atomic E-state index is 12.9. The highest BCUT2D eigenvalue weighted by atomic mass is 79.9.